The first kappa shape index (κ1) is 12.8. The first-order chi connectivity index (χ1) is 7.25. The van der Waals surface area contributed by atoms with E-state index in [0.717, 1.165) is 6.07 Å². The normalized spacial score (nSPS) is 11.5. The van der Waals surface area contributed by atoms with Gasteiger partial charge in [0.2, 0.25) is 0 Å². The van der Waals surface area contributed by atoms with E-state index < -0.39 is 23.0 Å². The minimum Gasteiger partial charge on any atom is -0.505 e. The maximum Gasteiger partial charge on any atom is 0.309 e. The van der Waals surface area contributed by atoms with Gasteiger partial charge in [0.25, 0.3) is 0 Å². The number of hydrogen-bond acceptors (Lipinski definition) is 2. The largest absolute Gasteiger partial charge is 0.505 e. The summed E-state index contributed by atoms with van der Waals surface area (Å²) in [7, 11) is 0. The van der Waals surface area contributed by atoms with Crippen molar-refractivity contribution in [3.05, 3.63) is 28.5 Å². The fourth-order valence-electron chi connectivity index (χ4n) is 1.27. The van der Waals surface area contributed by atoms with Gasteiger partial charge in [-0.2, -0.15) is 0 Å². The molecule has 0 saturated heterocycles. The molecule has 0 aliphatic heterocycles. The lowest BCUT2D eigenvalue weighted by atomic mass is 9.85. The van der Waals surface area contributed by atoms with Gasteiger partial charge in [0.05, 0.1) is 5.41 Å². The fraction of sp³-hybridized carbons (Fsp3) is 0.364. The summed E-state index contributed by atoms with van der Waals surface area (Å²) in [5.74, 6) is -2.42. The number of halogens is 2. The van der Waals surface area contributed by atoms with Crippen LogP contribution in [0.25, 0.3) is 0 Å². The van der Waals surface area contributed by atoms with Crippen LogP contribution in [0.15, 0.2) is 12.1 Å². The third kappa shape index (κ3) is 2.44. The zero-order chi connectivity index (χ0) is 12.5. The molecule has 0 aromatic heterocycles. The van der Waals surface area contributed by atoms with Crippen molar-refractivity contribution in [1.82, 2.24) is 0 Å². The van der Waals surface area contributed by atoms with Crippen molar-refractivity contribution in [1.29, 1.82) is 0 Å². The first-order valence-corrected chi connectivity index (χ1v) is 5.03. The number of phenols is 1. The molecule has 0 aliphatic rings. The molecule has 5 heteroatoms. The van der Waals surface area contributed by atoms with E-state index in [1.807, 2.05) is 0 Å². The summed E-state index contributed by atoms with van der Waals surface area (Å²) in [5.41, 5.74) is -0.997. The Morgan fingerprint density at radius 1 is 1.50 bits per heavy atom. The summed E-state index contributed by atoms with van der Waals surface area (Å²) in [4.78, 5) is 10.9. The summed E-state index contributed by atoms with van der Waals surface area (Å²) in [6, 6.07) is 2.33. The van der Waals surface area contributed by atoms with Crippen molar-refractivity contribution < 1.29 is 19.4 Å². The highest BCUT2D eigenvalue weighted by atomic mass is 35.5. The summed E-state index contributed by atoms with van der Waals surface area (Å²) in [6.45, 7) is 2.96. The first-order valence-electron chi connectivity index (χ1n) is 4.65. The molecule has 2 N–H and O–H groups in total. The van der Waals surface area contributed by atoms with Gasteiger partial charge in [-0.25, -0.2) is 4.39 Å². The molecule has 0 aliphatic carbocycles. The zero-order valence-corrected chi connectivity index (χ0v) is 9.68. The predicted molar refractivity (Wildman–Crippen MR) is 58.2 cm³/mol. The molecule has 1 aromatic carbocycles. The Balaban J connectivity index is 3.15. The van der Waals surface area contributed by atoms with Crippen LogP contribution < -0.4 is 0 Å². The lowest BCUT2D eigenvalue weighted by molar-refractivity contribution is -0.146. The molecule has 0 atom stereocenters. The minimum absolute atomic E-state index is 0.0369. The average molecular weight is 247 g/mol. The van der Waals surface area contributed by atoms with Crippen LogP contribution >= 0.6 is 11.6 Å². The van der Waals surface area contributed by atoms with Gasteiger partial charge in [-0.15, -0.1) is 0 Å². The van der Waals surface area contributed by atoms with E-state index in [1.165, 1.54) is 19.9 Å². The lowest BCUT2D eigenvalue weighted by Gasteiger charge is -2.20. The molecule has 0 spiro atoms. The minimum atomic E-state index is -1.12. The van der Waals surface area contributed by atoms with Gasteiger partial charge < -0.3 is 10.2 Å². The highest BCUT2D eigenvalue weighted by Crippen LogP contribution is 2.34. The smallest absolute Gasteiger partial charge is 0.309 e. The maximum atomic E-state index is 13.1. The van der Waals surface area contributed by atoms with Crippen LogP contribution in [0.2, 0.25) is 5.02 Å². The van der Waals surface area contributed by atoms with Crippen LogP contribution in [0.1, 0.15) is 19.4 Å². The monoisotopic (exact) mass is 246 g/mol. The second-order valence-corrected chi connectivity index (χ2v) is 4.63. The molecule has 0 heterocycles. The molecule has 0 bridgehead atoms. The number of aromatic hydroxyl groups is 1. The summed E-state index contributed by atoms with van der Waals surface area (Å²) in [5, 5.41) is 18.6. The Hall–Kier alpha value is -1.29. The average Bonchev–Trinajstić information content (AvgIpc) is 2.18. The molecule has 88 valence electrons. The molecular formula is C11H12ClFO3. The highest BCUT2D eigenvalue weighted by Gasteiger charge is 2.30. The third-order valence-corrected chi connectivity index (χ3v) is 2.73. The Bertz CT molecular complexity index is 429. The van der Waals surface area contributed by atoms with Gasteiger partial charge in [-0.3, -0.25) is 4.79 Å². The number of hydrogen-bond donors (Lipinski definition) is 2. The van der Waals surface area contributed by atoms with Crippen molar-refractivity contribution in [2.45, 2.75) is 20.3 Å². The van der Waals surface area contributed by atoms with Gasteiger partial charge in [0, 0.05) is 10.6 Å². The van der Waals surface area contributed by atoms with Crippen LogP contribution in [0.4, 0.5) is 4.39 Å². The number of phenolic OH excluding ortho intramolecular Hbond substituents is 1. The van der Waals surface area contributed by atoms with Crippen molar-refractivity contribution in [2.75, 3.05) is 0 Å². The number of carboxylic acid groups (broad SMARTS) is 1. The van der Waals surface area contributed by atoms with Crippen molar-refractivity contribution >= 4 is 17.6 Å². The van der Waals surface area contributed by atoms with E-state index in [1.54, 1.807) is 0 Å². The molecule has 1 rings (SSSR count). The van der Waals surface area contributed by atoms with Crippen LogP contribution in [0, 0.1) is 11.2 Å². The Morgan fingerprint density at radius 2 is 2.06 bits per heavy atom. The standard InChI is InChI=1S/C11H12ClFO3/c1-11(2,10(15)16)5-6-7(12)3-4-8(13)9(6)14/h3-4,14H,5H2,1-2H3,(H,15,16). The fourth-order valence-corrected chi connectivity index (χ4v) is 1.49. The number of aliphatic carboxylic acids is 1. The number of rotatable bonds is 3. The van der Waals surface area contributed by atoms with Gasteiger partial charge in [0.15, 0.2) is 11.6 Å². The summed E-state index contributed by atoms with van der Waals surface area (Å²) in [6.07, 6.45) is -0.0369. The molecule has 0 fully saturated rings. The number of carbonyl (C=O) groups is 1. The van der Waals surface area contributed by atoms with Crippen molar-refractivity contribution in [3.63, 3.8) is 0 Å². The molecule has 0 unspecified atom stereocenters. The van der Waals surface area contributed by atoms with E-state index in [0.29, 0.717) is 0 Å². The van der Waals surface area contributed by atoms with E-state index in [-0.39, 0.29) is 17.0 Å². The maximum absolute atomic E-state index is 13.1. The second-order valence-electron chi connectivity index (χ2n) is 4.22. The molecule has 0 amide bonds. The van der Waals surface area contributed by atoms with E-state index >= 15 is 0 Å². The summed E-state index contributed by atoms with van der Waals surface area (Å²) >= 11 is 5.79. The molecular weight excluding hydrogens is 235 g/mol. The Kier molecular flexibility index (Phi) is 3.43. The van der Waals surface area contributed by atoms with Gasteiger partial charge in [-0.1, -0.05) is 11.6 Å². The van der Waals surface area contributed by atoms with Crippen molar-refractivity contribution in [2.24, 2.45) is 5.41 Å². The van der Waals surface area contributed by atoms with Crippen LogP contribution in [-0.4, -0.2) is 16.2 Å². The number of carboxylic acids is 1. The predicted octanol–water partition coefficient (Wildman–Crippen LogP) is 2.84. The van der Waals surface area contributed by atoms with Crippen LogP contribution in [0.5, 0.6) is 5.75 Å². The topological polar surface area (TPSA) is 57.5 Å². The van der Waals surface area contributed by atoms with E-state index in [2.05, 4.69) is 0 Å². The third-order valence-electron chi connectivity index (χ3n) is 2.37. The van der Waals surface area contributed by atoms with Gasteiger partial charge in [-0.05, 0) is 32.4 Å². The molecule has 0 radical (unpaired) electrons. The molecule has 3 nitrogen and oxygen atoms in total. The van der Waals surface area contributed by atoms with E-state index in [9.17, 15) is 14.3 Å². The Morgan fingerprint density at radius 3 is 2.56 bits per heavy atom. The quantitative estimate of drug-likeness (QED) is 0.862. The van der Waals surface area contributed by atoms with Gasteiger partial charge in [0.1, 0.15) is 0 Å². The second kappa shape index (κ2) is 4.29. The van der Waals surface area contributed by atoms with Gasteiger partial charge >= 0.3 is 5.97 Å². The molecule has 16 heavy (non-hydrogen) atoms. The number of benzene rings is 1. The summed E-state index contributed by atoms with van der Waals surface area (Å²) < 4.78 is 13.1. The highest BCUT2D eigenvalue weighted by molar-refractivity contribution is 6.31. The van der Waals surface area contributed by atoms with E-state index in [4.69, 9.17) is 16.7 Å². The Labute approximate surface area is 97.5 Å². The molecule has 1 aromatic rings. The van der Waals surface area contributed by atoms with Crippen LogP contribution in [0.3, 0.4) is 0 Å². The van der Waals surface area contributed by atoms with Crippen molar-refractivity contribution in [3.8, 4) is 5.75 Å². The lowest BCUT2D eigenvalue weighted by Crippen LogP contribution is -2.26. The SMILES string of the molecule is CC(C)(Cc1c(Cl)ccc(F)c1O)C(=O)O. The zero-order valence-electron chi connectivity index (χ0n) is 8.92. The molecule has 0 saturated carbocycles. The van der Waals surface area contributed by atoms with Crippen LogP contribution in [-0.2, 0) is 11.2 Å².